The largest absolute Gasteiger partial charge is 0.480 e. The summed E-state index contributed by atoms with van der Waals surface area (Å²) >= 11 is 0. The minimum absolute atomic E-state index is 0.421. The van der Waals surface area contributed by atoms with Crippen LogP contribution in [0.4, 0.5) is 0 Å². The highest BCUT2D eigenvalue weighted by molar-refractivity contribution is 7.89. The van der Waals surface area contributed by atoms with Gasteiger partial charge in [-0.05, 0) is 12.8 Å². The van der Waals surface area contributed by atoms with E-state index in [1.54, 1.807) is 0 Å². The zero-order valence-corrected chi connectivity index (χ0v) is 9.37. The number of hydrogen-bond acceptors (Lipinski definition) is 4. The van der Waals surface area contributed by atoms with Crippen molar-refractivity contribution in [1.29, 1.82) is 0 Å². The van der Waals surface area contributed by atoms with Crippen LogP contribution in [0.1, 0.15) is 12.8 Å². The van der Waals surface area contributed by atoms with Crippen LogP contribution in [-0.2, 0) is 19.6 Å². The number of ether oxygens (including phenoxy) is 1. The third kappa shape index (κ3) is 3.15. The molecule has 1 fully saturated rings. The number of likely N-dealkylation sites (N-methyl/N-ethyl adjacent to an activating group) is 1. The maximum atomic E-state index is 11.8. The van der Waals surface area contributed by atoms with Gasteiger partial charge in [0, 0.05) is 20.3 Å². The number of rotatable bonds is 4. The molecular formula is C8H15NO5S. The van der Waals surface area contributed by atoms with Gasteiger partial charge in [0.05, 0.1) is 5.25 Å². The lowest BCUT2D eigenvalue weighted by Gasteiger charge is -2.26. The van der Waals surface area contributed by atoms with Crippen molar-refractivity contribution in [1.82, 2.24) is 4.31 Å². The van der Waals surface area contributed by atoms with Crippen molar-refractivity contribution >= 4 is 16.0 Å². The van der Waals surface area contributed by atoms with E-state index >= 15 is 0 Å². The van der Waals surface area contributed by atoms with E-state index in [0.29, 0.717) is 26.1 Å². The normalized spacial score (nSPS) is 19.3. The van der Waals surface area contributed by atoms with Crippen molar-refractivity contribution in [3.8, 4) is 0 Å². The van der Waals surface area contributed by atoms with Crippen LogP contribution in [0.25, 0.3) is 0 Å². The highest BCUT2D eigenvalue weighted by Crippen LogP contribution is 2.18. The van der Waals surface area contributed by atoms with E-state index in [0.717, 1.165) is 4.31 Å². The molecule has 6 nitrogen and oxygen atoms in total. The number of carbonyl (C=O) groups is 1. The second-order valence-electron chi connectivity index (χ2n) is 3.51. The van der Waals surface area contributed by atoms with Gasteiger partial charge in [0.2, 0.25) is 10.0 Å². The quantitative estimate of drug-likeness (QED) is 0.713. The molecule has 0 bridgehead atoms. The Labute approximate surface area is 88.9 Å². The van der Waals surface area contributed by atoms with E-state index in [2.05, 4.69) is 0 Å². The Kier molecular flexibility index (Phi) is 4.06. The van der Waals surface area contributed by atoms with Crippen molar-refractivity contribution < 1.29 is 23.1 Å². The van der Waals surface area contributed by atoms with Gasteiger partial charge in [-0.2, -0.15) is 4.31 Å². The van der Waals surface area contributed by atoms with Gasteiger partial charge in [0.1, 0.15) is 6.54 Å². The Bertz CT molecular complexity index is 320. The molecule has 1 saturated heterocycles. The minimum Gasteiger partial charge on any atom is -0.480 e. The average molecular weight is 237 g/mol. The average Bonchev–Trinajstić information content (AvgIpc) is 2.18. The molecule has 1 aliphatic rings. The van der Waals surface area contributed by atoms with Gasteiger partial charge < -0.3 is 9.84 Å². The fourth-order valence-electron chi connectivity index (χ4n) is 1.51. The maximum Gasteiger partial charge on any atom is 0.318 e. The molecular weight excluding hydrogens is 222 g/mol. The molecule has 0 radical (unpaired) electrons. The lowest BCUT2D eigenvalue weighted by molar-refractivity contribution is -0.137. The fourth-order valence-corrected chi connectivity index (χ4v) is 3.10. The molecule has 1 N–H and O–H groups in total. The molecule has 0 unspecified atom stereocenters. The lowest BCUT2D eigenvalue weighted by Crippen LogP contribution is -2.41. The molecule has 0 atom stereocenters. The monoisotopic (exact) mass is 237 g/mol. The summed E-state index contributed by atoms with van der Waals surface area (Å²) in [6, 6.07) is 0. The highest BCUT2D eigenvalue weighted by atomic mass is 32.2. The van der Waals surface area contributed by atoms with E-state index in [1.165, 1.54) is 7.05 Å². The third-order valence-corrected chi connectivity index (χ3v) is 4.69. The van der Waals surface area contributed by atoms with Gasteiger partial charge in [-0.15, -0.1) is 0 Å². The van der Waals surface area contributed by atoms with Crippen molar-refractivity contribution in [2.24, 2.45) is 0 Å². The van der Waals surface area contributed by atoms with Crippen LogP contribution < -0.4 is 0 Å². The molecule has 0 saturated carbocycles. The molecule has 1 heterocycles. The molecule has 0 aromatic rings. The topological polar surface area (TPSA) is 83.9 Å². The third-order valence-electron chi connectivity index (χ3n) is 2.38. The number of hydrogen-bond donors (Lipinski definition) is 1. The molecule has 0 aromatic carbocycles. The van der Waals surface area contributed by atoms with Gasteiger partial charge in [-0.25, -0.2) is 8.42 Å². The molecule has 7 heteroatoms. The molecule has 15 heavy (non-hydrogen) atoms. The van der Waals surface area contributed by atoms with Crippen LogP contribution in [0.2, 0.25) is 0 Å². The predicted octanol–water partition coefficient (Wildman–Crippen LogP) is -0.488. The molecule has 0 amide bonds. The van der Waals surface area contributed by atoms with Crippen LogP contribution >= 0.6 is 0 Å². The number of carboxylic acid groups (broad SMARTS) is 1. The first-order valence-electron chi connectivity index (χ1n) is 4.69. The highest BCUT2D eigenvalue weighted by Gasteiger charge is 2.32. The van der Waals surface area contributed by atoms with Crippen LogP contribution in [0.15, 0.2) is 0 Å². The zero-order chi connectivity index (χ0) is 11.5. The van der Waals surface area contributed by atoms with Crippen molar-refractivity contribution in [3.05, 3.63) is 0 Å². The van der Waals surface area contributed by atoms with Crippen molar-refractivity contribution in [2.45, 2.75) is 18.1 Å². The van der Waals surface area contributed by atoms with Gasteiger partial charge in [0.25, 0.3) is 0 Å². The number of carboxylic acids is 1. The minimum atomic E-state index is -3.48. The second kappa shape index (κ2) is 4.91. The van der Waals surface area contributed by atoms with Crippen LogP contribution in [0.5, 0.6) is 0 Å². The Hall–Kier alpha value is -0.660. The van der Waals surface area contributed by atoms with E-state index in [9.17, 15) is 13.2 Å². The second-order valence-corrected chi connectivity index (χ2v) is 5.83. The summed E-state index contributed by atoms with van der Waals surface area (Å²) in [4.78, 5) is 10.4. The van der Waals surface area contributed by atoms with Crippen LogP contribution in [-0.4, -0.2) is 55.9 Å². The van der Waals surface area contributed by atoms with E-state index in [-0.39, 0.29) is 0 Å². The first kappa shape index (κ1) is 12.4. The van der Waals surface area contributed by atoms with Crippen molar-refractivity contribution in [3.63, 3.8) is 0 Å². The van der Waals surface area contributed by atoms with Crippen LogP contribution in [0, 0.1) is 0 Å². The maximum absolute atomic E-state index is 11.8. The molecule has 88 valence electrons. The summed E-state index contributed by atoms with van der Waals surface area (Å²) in [7, 11) is -2.19. The summed E-state index contributed by atoms with van der Waals surface area (Å²) in [6.07, 6.45) is 0.874. The van der Waals surface area contributed by atoms with Crippen LogP contribution in [0.3, 0.4) is 0 Å². The summed E-state index contributed by atoms with van der Waals surface area (Å²) in [5.74, 6) is -1.15. The summed E-state index contributed by atoms with van der Waals surface area (Å²) < 4.78 is 29.6. The van der Waals surface area contributed by atoms with Gasteiger partial charge >= 0.3 is 5.97 Å². The molecule has 0 aromatic heterocycles. The molecule has 0 aliphatic carbocycles. The van der Waals surface area contributed by atoms with Gasteiger partial charge in [-0.3, -0.25) is 4.79 Å². The molecule has 1 rings (SSSR count). The van der Waals surface area contributed by atoms with Crippen molar-refractivity contribution in [2.75, 3.05) is 26.8 Å². The number of nitrogens with zero attached hydrogens (tertiary/aromatic N) is 1. The smallest absolute Gasteiger partial charge is 0.318 e. The first-order chi connectivity index (χ1) is 6.94. The molecule has 1 aliphatic heterocycles. The predicted molar refractivity (Wildman–Crippen MR) is 53.0 cm³/mol. The fraction of sp³-hybridized carbons (Fsp3) is 0.875. The summed E-state index contributed by atoms with van der Waals surface area (Å²) in [5.41, 5.74) is 0. The summed E-state index contributed by atoms with van der Waals surface area (Å²) in [6.45, 7) is 0.356. The Morgan fingerprint density at radius 2 is 2.00 bits per heavy atom. The van der Waals surface area contributed by atoms with E-state index in [1.807, 2.05) is 0 Å². The van der Waals surface area contributed by atoms with Gasteiger partial charge in [0.15, 0.2) is 0 Å². The van der Waals surface area contributed by atoms with E-state index in [4.69, 9.17) is 9.84 Å². The molecule has 0 spiro atoms. The van der Waals surface area contributed by atoms with E-state index < -0.39 is 27.8 Å². The zero-order valence-electron chi connectivity index (χ0n) is 8.55. The number of sulfonamides is 1. The standard InChI is InChI=1S/C8H15NO5S/c1-9(6-8(10)11)15(12,13)7-2-4-14-5-3-7/h7H,2-6H2,1H3,(H,10,11). The lowest BCUT2D eigenvalue weighted by atomic mass is 10.2. The Morgan fingerprint density at radius 3 is 2.47 bits per heavy atom. The first-order valence-corrected chi connectivity index (χ1v) is 6.19. The SMILES string of the molecule is CN(CC(=O)O)S(=O)(=O)C1CCOCC1. The Balaban J connectivity index is 2.67. The summed E-state index contributed by atoms with van der Waals surface area (Å²) in [5, 5.41) is 8.01. The van der Waals surface area contributed by atoms with Gasteiger partial charge in [-0.1, -0.05) is 0 Å². The Morgan fingerprint density at radius 1 is 1.47 bits per heavy atom. The number of aliphatic carboxylic acids is 1.